The first-order chi connectivity index (χ1) is 16.6. The van der Waals surface area contributed by atoms with Crippen molar-refractivity contribution >= 4 is 23.2 Å². The Morgan fingerprint density at radius 2 is 1.79 bits per heavy atom. The Labute approximate surface area is 203 Å². The van der Waals surface area contributed by atoms with Crippen molar-refractivity contribution in [2.24, 2.45) is 5.92 Å². The molecule has 5 rings (SSSR count). The molecule has 1 unspecified atom stereocenters. The third-order valence-corrected chi connectivity index (χ3v) is 7.69. The smallest absolute Gasteiger partial charge is 0.263 e. The van der Waals surface area contributed by atoms with Gasteiger partial charge in [0.05, 0.1) is 4.88 Å². The van der Waals surface area contributed by atoms with Gasteiger partial charge in [-0.15, -0.1) is 11.3 Å². The summed E-state index contributed by atoms with van der Waals surface area (Å²) in [4.78, 5) is 30.9. The molecule has 1 atom stereocenters. The maximum absolute atomic E-state index is 13.2. The van der Waals surface area contributed by atoms with Gasteiger partial charge in [0, 0.05) is 31.7 Å². The molecule has 2 amide bonds. The van der Waals surface area contributed by atoms with E-state index in [1.54, 1.807) is 18.2 Å². The summed E-state index contributed by atoms with van der Waals surface area (Å²) in [7, 11) is 1.92. The van der Waals surface area contributed by atoms with E-state index in [1.807, 2.05) is 52.6 Å². The van der Waals surface area contributed by atoms with Crippen LogP contribution in [0.2, 0.25) is 0 Å². The summed E-state index contributed by atoms with van der Waals surface area (Å²) in [6.07, 6.45) is 2.51. The first-order valence-electron chi connectivity index (χ1n) is 11.6. The molecule has 0 bridgehead atoms. The Kier molecular flexibility index (Phi) is 6.54. The van der Waals surface area contributed by atoms with Crippen LogP contribution in [0.15, 0.2) is 66.0 Å². The Hall–Kier alpha value is -3.32. The van der Waals surface area contributed by atoms with Crippen molar-refractivity contribution in [1.82, 2.24) is 9.80 Å². The molecule has 1 fully saturated rings. The fourth-order valence-electron chi connectivity index (χ4n) is 4.90. The molecule has 1 aromatic heterocycles. The number of amides is 2. The molecule has 2 aliphatic heterocycles. The lowest BCUT2D eigenvalue weighted by Crippen LogP contribution is -2.48. The molecule has 6 nitrogen and oxygen atoms in total. The van der Waals surface area contributed by atoms with Gasteiger partial charge in [-0.2, -0.15) is 0 Å². The van der Waals surface area contributed by atoms with E-state index in [0.717, 1.165) is 24.1 Å². The second-order valence-corrected chi connectivity index (χ2v) is 9.80. The normalized spacial score (nSPS) is 16.3. The fourth-order valence-corrected chi connectivity index (χ4v) is 5.61. The Morgan fingerprint density at radius 1 is 1.03 bits per heavy atom. The molecule has 2 aromatic carbocycles. The predicted octanol–water partition coefficient (Wildman–Crippen LogP) is 4.71. The van der Waals surface area contributed by atoms with Gasteiger partial charge in [0.1, 0.15) is 0 Å². The van der Waals surface area contributed by atoms with Gasteiger partial charge in [0.15, 0.2) is 11.5 Å². The van der Waals surface area contributed by atoms with Crippen LogP contribution < -0.4 is 9.47 Å². The zero-order chi connectivity index (χ0) is 23.5. The van der Waals surface area contributed by atoms with Gasteiger partial charge in [-0.05, 0) is 60.4 Å². The van der Waals surface area contributed by atoms with E-state index in [2.05, 4.69) is 12.1 Å². The lowest BCUT2D eigenvalue weighted by atomic mass is 9.84. The van der Waals surface area contributed by atoms with Crippen molar-refractivity contribution < 1.29 is 19.1 Å². The van der Waals surface area contributed by atoms with Crippen LogP contribution in [0.5, 0.6) is 11.5 Å². The molecule has 34 heavy (non-hydrogen) atoms. The molecule has 3 heterocycles. The van der Waals surface area contributed by atoms with Gasteiger partial charge in [-0.3, -0.25) is 9.59 Å². The van der Waals surface area contributed by atoms with Crippen molar-refractivity contribution in [2.75, 3.05) is 26.9 Å². The number of benzene rings is 2. The lowest BCUT2D eigenvalue weighted by molar-refractivity contribution is 0.0525. The number of ether oxygens (including phenoxy) is 2. The minimum atomic E-state index is 0.0133. The molecule has 0 radical (unpaired) electrons. The summed E-state index contributed by atoms with van der Waals surface area (Å²) in [5, 5.41) is 1.94. The summed E-state index contributed by atoms with van der Waals surface area (Å²) < 4.78 is 10.8. The van der Waals surface area contributed by atoms with E-state index < -0.39 is 0 Å². The van der Waals surface area contributed by atoms with E-state index in [-0.39, 0.29) is 24.6 Å². The summed E-state index contributed by atoms with van der Waals surface area (Å²) in [5.41, 5.74) is 1.84. The zero-order valence-electron chi connectivity index (χ0n) is 19.2. The summed E-state index contributed by atoms with van der Waals surface area (Å²) in [6.45, 7) is 1.54. The molecular weight excluding hydrogens is 448 g/mol. The van der Waals surface area contributed by atoms with E-state index in [4.69, 9.17) is 9.47 Å². The Bertz CT molecular complexity index is 1140. The number of nitrogens with zero attached hydrogens (tertiary/aromatic N) is 2. The topological polar surface area (TPSA) is 59.1 Å². The predicted molar refractivity (Wildman–Crippen MR) is 132 cm³/mol. The van der Waals surface area contributed by atoms with Crippen molar-refractivity contribution in [2.45, 2.75) is 25.3 Å². The minimum Gasteiger partial charge on any atom is -0.454 e. The van der Waals surface area contributed by atoms with Crippen molar-refractivity contribution in [1.29, 1.82) is 0 Å². The monoisotopic (exact) mass is 476 g/mol. The average molecular weight is 477 g/mol. The number of hydrogen-bond donors (Lipinski definition) is 0. The van der Waals surface area contributed by atoms with Gasteiger partial charge in [-0.25, -0.2) is 0 Å². The maximum atomic E-state index is 13.2. The first kappa shape index (κ1) is 22.5. The van der Waals surface area contributed by atoms with Crippen LogP contribution in [-0.2, 0) is 6.42 Å². The highest BCUT2D eigenvalue weighted by Gasteiger charge is 2.33. The fraction of sp³-hybridized carbons (Fsp3) is 0.333. The first-order valence-corrected chi connectivity index (χ1v) is 12.5. The molecule has 0 N–H and O–H groups in total. The largest absolute Gasteiger partial charge is 0.454 e. The molecule has 3 aromatic rings. The summed E-state index contributed by atoms with van der Waals surface area (Å²) in [6, 6.07) is 19.6. The Morgan fingerprint density at radius 3 is 2.53 bits per heavy atom. The third-order valence-electron chi connectivity index (χ3n) is 6.83. The number of hydrogen-bond acceptors (Lipinski definition) is 5. The van der Waals surface area contributed by atoms with Crippen molar-refractivity contribution in [3.63, 3.8) is 0 Å². The second-order valence-electron chi connectivity index (χ2n) is 8.85. The quantitative estimate of drug-likeness (QED) is 0.517. The average Bonchev–Trinajstić information content (AvgIpc) is 3.59. The molecule has 176 valence electrons. The number of carbonyl (C=O) groups is 2. The highest BCUT2D eigenvalue weighted by Crippen LogP contribution is 2.34. The summed E-state index contributed by atoms with van der Waals surface area (Å²) in [5.74, 6) is 1.69. The van der Waals surface area contributed by atoms with Crippen LogP contribution in [0, 0.1) is 5.92 Å². The number of carbonyl (C=O) groups excluding carboxylic acids is 2. The molecule has 7 heteroatoms. The second kappa shape index (κ2) is 9.89. The van der Waals surface area contributed by atoms with E-state index in [1.165, 1.54) is 16.9 Å². The van der Waals surface area contributed by atoms with Crippen LogP contribution >= 0.6 is 11.3 Å². The standard InChI is InChI=1S/C27H28N2O4S/c1-28(27(31)25-8-5-15-34-25)22(16-19-6-3-2-4-7-19)20-11-13-29(14-12-20)26(30)21-9-10-23-24(17-21)33-18-32-23/h2-10,15,17,20,22H,11-14,16,18H2,1H3. The van der Waals surface area contributed by atoms with Crippen LogP contribution in [-0.4, -0.2) is 54.6 Å². The zero-order valence-corrected chi connectivity index (χ0v) is 20.0. The molecule has 1 saturated heterocycles. The molecule has 2 aliphatic rings. The van der Waals surface area contributed by atoms with Crippen LogP contribution in [0.1, 0.15) is 38.4 Å². The minimum absolute atomic E-state index is 0.0133. The van der Waals surface area contributed by atoms with Gasteiger partial charge in [0.2, 0.25) is 6.79 Å². The van der Waals surface area contributed by atoms with Gasteiger partial charge in [0.25, 0.3) is 11.8 Å². The third kappa shape index (κ3) is 4.66. The lowest BCUT2D eigenvalue weighted by Gasteiger charge is -2.40. The SMILES string of the molecule is CN(C(=O)c1cccs1)C(Cc1ccccc1)C1CCN(C(=O)c2ccc3c(c2)OCO3)CC1. The van der Waals surface area contributed by atoms with Gasteiger partial charge < -0.3 is 19.3 Å². The van der Waals surface area contributed by atoms with Crippen LogP contribution in [0.4, 0.5) is 0 Å². The molecular formula is C27H28N2O4S. The van der Waals surface area contributed by atoms with E-state index >= 15 is 0 Å². The van der Waals surface area contributed by atoms with E-state index in [0.29, 0.717) is 36.1 Å². The van der Waals surface area contributed by atoms with Crippen molar-refractivity contribution in [3.8, 4) is 11.5 Å². The maximum Gasteiger partial charge on any atom is 0.263 e. The number of likely N-dealkylation sites (tertiary alicyclic amines) is 1. The van der Waals surface area contributed by atoms with E-state index in [9.17, 15) is 9.59 Å². The van der Waals surface area contributed by atoms with Crippen LogP contribution in [0.25, 0.3) is 0 Å². The number of fused-ring (bicyclic) bond motifs is 1. The Balaban J connectivity index is 1.29. The molecule has 0 saturated carbocycles. The summed E-state index contributed by atoms with van der Waals surface area (Å²) >= 11 is 1.48. The van der Waals surface area contributed by atoms with Crippen molar-refractivity contribution in [3.05, 3.63) is 82.0 Å². The number of thiophene rings is 1. The van der Waals surface area contributed by atoms with Crippen LogP contribution in [0.3, 0.4) is 0 Å². The highest BCUT2D eigenvalue weighted by molar-refractivity contribution is 7.12. The van der Waals surface area contributed by atoms with Gasteiger partial charge in [-0.1, -0.05) is 36.4 Å². The number of piperidine rings is 1. The number of likely N-dealkylation sites (N-methyl/N-ethyl adjacent to an activating group) is 1. The molecule has 0 aliphatic carbocycles. The number of rotatable bonds is 6. The highest BCUT2D eigenvalue weighted by atomic mass is 32.1. The molecule has 0 spiro atoms. The van der Waals surface area contributed by atoms with Gasteiger partial charge >= 0.3 is 0 Å².